The van der Waals surface area contributed by atoms with Gasteiger partial charge in [-0.15, -0.1) is 5.10 Å². The van der Waals surface area contributed by atoms with Crippen LogP contribution in [0.25, 0.3) is 11.4 Å². The number of aromatic nitrogens is 3. The maximum Gasteiger partial charge on any atom is 0.250 e. The number of hydrogen-bond acceptors (Lipinski definition) is 4. The van der Waals surface area contributed by atoms with Gasteiger partial charge >= 0.3 is 0 Å². The lowest BCUT2D eigenvalue weighted by Gasteiger charge is -2.02. The molecule has 5 nitrogen and oxygen atoms in total. The Balaban J connectivity index is 1.75. The topological polar surface area (TPSA) is 73.8 Å². The average Bonchev–Trinajstić information content (AvgIpc) is 2.96. The Morgan fingerprint density at radius 1 is 1.09 bits per heavy atom. The summed E-state index contributed by atoms with van der Waals surface area (Å²) in [5.74, 6) is 0.319. The van der Waals surface area contributed by atoms with E-state index in [1.165, 1.54) is 0 Å². The van der Waals surface area contributed by atoms with Gasteiger partial charge in [0, 0.05) is 17.0 Å². The molecule has 1 heterocycles. The highest BCUT2D eigenvalue weighted by Crippen LogP contribution is 2.19. The monoisotopic (exact) mass is 326 g/mol. The predicted octanol–water partition coefficient (Wildman–Crippen LogP) is 3.45. The van der Waals surface area contributed by atoms with Crippen molar-refractivity contribution in [3.05, 3.63) is 65.2 Å². The Labute approximate surface area is 138 Å². The minimum absolute atomic E-state index is 0.0908. The summed E-state index contributed by atoms with van der Waals surface area (Å²) in [7, 11) is 0. The molecular weight excluding hydrogens is 312 g/mol. The predicted molar refractivity (Wildman–Crippen MR) is 90.3 cm³/mol. The van der Waals surface area contributed by atoms with Crippen molar-refractivity contribution in [3.8, 4) is 11.4 Å². The van der Waals surface area contributed by atoms with Crippen LogP contribution in [0.1, 0.15) is 16.8 Å². The van der Waals surface area contributed by atoms with E-state index in [1.54, 1.807) is 24.3 Å². The third kappa shape index (κ3) is 3.57. The molecule has 6 heteroatoms. The van der Waals surface area contributed by atoms with E-state index < -0.39 is 0 Å². The highest BCUT2D eigenvalue weighted by molar-refractivity contribution is 6.30. The van der Waals surface area contributed by atoms with Crippen LogP contribution >= 0.6 is 11.6 Å². The molecule has 0 bridgehead atoms. The number of rotatable bonds is 4. The molecule has 23 heavy (non-hydrogen) atoms. The summed E-state index contributed by atoms with van der Waals surface area (Å²) in [5.41, 5.74) is 7.68. The molecule has 3 aromatic rings. The lowest BCUT2D eigenvalue weighted by atomic mass is 10.1. The molecule has 0 fully saturated rings. The Kier molecular flexibility index (Phi) is 4.39. The van der Waals surface area contributed by atoms with Crippen molar-refractivity contribution in [1.82, 2.24) is 14.8 Å². The lowest BCUT2D eigenvalue weighted by Crippen LogP contribution is -2.15. The summed E-state index contributed by atoms with van der Waals surface area (Å²) in [5, 5.41) is 4.83. The number of carbonyl (C=O) groups is 1. The molecule has 0 unspecified atom stereocenters. The standard InChI is InChI=1S/C17H15ClN4O/c18-14-9-7-13(8-10-14)16-20-17(19)22(21-16)15(23)11-6-12-4-2-1-3-5-12/h1-5,7-10H,6,11H2,(H2,19,20,21). The van der Waals surface area contributed by atoms with Crippen LogP contribution in [0, 0.1) is 0 Å². The van der Waals surface area contributed by atoms with Crippen LogP contribution in [0.4, 0.5) is 5.95 Å². The number of nitrogens with zero attached hydrogens (tertiary/aromatic N) is 3. The minimum atomic E-state index is -0.181. The summed E-state index contributed by atoms with van der Waals surface area (Å²) < 4.78 is 1.16. The summed E-state index contributed by atoms with van der Waals surface area (Å²) in [4.78, 5) is 16.4. The van der Waals surface area contributed by atoms with Crippen molar-refractivity contribution in [2.24, 2.45) is 0 Å². The number of halogens is 1. The number of hydrogen-bond donors (Lipinski definition) is 1. The van der Waals surface area contributed by atoms with Crippen molar-refractivity contribution in [1.29, 1.82) is 0 Å². The van der Waals surface area contributed by atoms with E-state index in [0.717, 1.165) is 15.8 Å². The van der Waals surface area contributed by atoms with Gasteiger partial charge in [0.1, 0.15) is 0 Å². The quantitative estimate of drug-likeness (QED) is 0.796. The maximum atomic E-state index is 12.3. The highest BCUT2D eigenvalue weighted by atomic mass is 35.5. The molecule has 0 amide bonds. The van der Waals surface area contributed by atoms with E-state index in [1.807, 2.05) is 30.3 Å². The minimum Gasteiger partial charge on any atom is -0.368 e. The molecule has 2 N–H and O–H groups in total. The van der Waals surface area contributed by atoms with Crippen LogP contribution in [0.15, 0.2) is 54.6 Å². The molecule has 0 radical (unpaired) electrons. The smallest absolute Gasteiger partial charge is 0.250 e. The molecule has 0 aliphatic carbocycles. The second kappa shape index (κ2) is 6.62. The van der Waals surface area contributed by atoms with Crippen molar-refractivity contribution in [2.45, 2.75) is 12.8 Å². The number of benzene rings is 2. The first-order chi connectivity index (χ1) is 11.1. The highest BCUT2D eigenvalue weighted by Gasteiger charge is 2.15. The summed E-state index contributed by atoms with van der Waals surface area (Å²) in [6.07, 6.45) is 0.951. The van der Waals surface area contributed by atoms with E-state index >= 15 is 0 Å². The molecule has 0 aliphatic heterocycles. The van der Waals surface area contributed by atoms with Gasteiger partial charge in [0.25, 0.3) is 0 Å². The second-order valence-electron chi connectivity index (χ2n) is 5.09. The number of nitrogen functional groups attached to an aromatic ring is 1. The first kappa shape index (κ1) is 15.2. The number of carbonyl (C=O) groups excluding carboxylic acids is 1. The number of aryl methyl sites for hydroxylation is 1. The van der Waals surface area contributed by atoms with Gasteiger partial charge in [-0.05, 0) is 36.2 Å². The zero-order valence-electron chi connectivity index (χ0n) is 12.3. The molecule has 0 saturated heterocycles. The van der Waals surface area contributed by atoms with Crippen molar-refractivity contribution in [3.63, 3.8) is 0 Å². The summed E-state index contributed by atoms with van der Waals surface area (Å²) in [6.45, 7) is 0. The maximum absolute atomic E-state index is 12.3. The lowest BCUT2D eigenvalue weighted by molar-refractivity contribution is 0.0890. The van der Waals surface area contributed by atoms with Crippen LogP contribution in [0.3, 0.4) is 0 Å². The van der Waals surface area contributed by atoms with Gasteiger partial charge in [0.05, 0.1) is 0 Å². The molecule has 0 atom stereocenters. The fourth-order valence-electron chi connectivity index (χ4n) is 2.23. The van der Waals surface area contributed by atoms with Crippen LogP contribution < -0.4 is 5.73 Å². The molecule has 0 spiro atoms. The van der Waals surface area contributed by atoms with Gasteiger partial charge < -0.3 is 5.73 Å². The first-order valence-electron chi connectivity index (χ1n) is 7.19. The zero-order valence-corrected chi connectivity index (χ0v) is 13.1. The van der Waals surface area contributed by atoms with Crippen LogP contribution in [0.5, 0.6) is 0 Å². The average molecular weight is 327 g/mol. The molecule has 2 aromatic carbocycles. The van der Waals surface area contributed by atoms with E-state index in [9.17, 15) is 4.79 Å². The Morgan fingerprint density at radius 3 is 2.48 bits per heavy atom. The van der Waals surface area contributed by atoms with E-state index in [-0.39, 0.29) is 11.9 Å². The SMILES string of the molecule is Nc1nc(-c2ccc(Cl)cc2)nn1C(=O)CCc1ccccc1. The third-order valence-electron chi connectivity index (χ3n) is 3.44. The molecule has 0 aliphatic rings. The number of anilines is 1. The van der Waals surface area contributed by atoms with E-state index in [0.29, 0.717) is 23.7 Å². The molecule has 3 rings (SSSR count). The summed E-state index contributed by atoms with van der Waals surface area (Å²) >= 11 is 5.86. The van der Waals surface area contributed by atoms with Gasteiger partial charge in [-0.25, -0.2) is 0 Å². The molecular formula is C17H15ClN4O. The third-order valence-corrected chi connectivity index (χ3v) is 3.69. The zero-order chi connectivity index (χ0) is 16.2. The fraction of sp³-hybridized carbons (Fsp3) is 0.118. The normalized spacial score (nSPS) is 10.7. The van der Waals surface area contributed by atoms with Crippen molar-refractivity contribution < 1.29 is 4.79 Å². The molecule has 0 saturated carbocycles. The van der Waals surface area contributed by atoms with Gasteiger partial charge in [-0.1, -0.05) is 41.9 Å². The van der Waals surface area contributed by atoms with Gasteiger partial charge in [-0.2, -0.15) is 9.67 Å². The molecule has 116 valence electrons. The van der Waals surface area contributed by atoms with Crippen LogP contribution in [-0.2, 0) is 6.42 Å². The van der Waals surface area contributed by atoms with Gasteiger partial charge in [0.2, 0.25) is 11.9 Å². The van der Waals surface area contributed by atoms with Crippen LogP contribution in [0.2, 0.25) is 5.02 Å². The van der Waals surface area contributed by atoms with Crippen molar-refractivity contribution >= 4 is 23.5 Å². The first-order valence-corrected chi connectivity index (χ1v) is 7.57. The van der Waals surface area contributed by atoms with Crippen molar-refractivity contribution in [2.75, 3.05) is 5.73 Å². The number of nitrogens with two attached hydrogens (primary N) is 1. The summed E-state index contributed by atoms with van der Waals surface area (Å²) in [6, 6.07) is 16.9. The van der Waals surface area contributed by atoms with E-state index in [2.05, 4.69) is 10.1 Å². The second-order valence-corrected chi connectivity index (χ2v) is 5.53. The molecule has 1 aromatic heterocycles. The van der Waals surface area contributed by atoms with E-state index in [4.69, 9.17) is 17.3 Å². The Hall–Kier alpha value is -2.66. The van der Waals surface area contributed by atoms with Gasteiger partial charge in [0.15, 0.2) is 5.82 Å². The largest absolute Gasteiger partial charge is 0.368 e. The fourth-order valence-corrected chi connectivity index (χ4v) is 2.36. The van der Waals surface area contributed by atoms with Gasteiger partial charge in [-0.3, -0.25) is 4.79 Å². The Bertz CT molecular complexity index is 812. The van der Waals surface area contributed by atoms with Crippen LogP contribution in [-0.4, -0.2) is 20.7 Å². The Morgan fingerprint density at radius 2 is 1.78 bits per heavy atom.